The number of ether oxygens (including phenoxy) is 3. The van der Waals surface area contributed by atoms with E-state index >= 15 is 0 Å². The fourth-order valence-corrected chi connectivity index (χ4v) is 8.28. The molecule has 4 atom stereocenters. The molecule has 0 N–H and O–H groups in total. The Morgan fingerprint density at radius 2 is 1.84 bits per heavy atom. The number of piperidine rings is 1. The molecule has 2 saturated heterocycles. The summed E-state index contributed by atoms with van der Waals surface area (Å²) in [5.41, 5.74) is 3.53. The van der Waals surface area contributed by atoms with Gasteiger partial charge < -0.3 is 23.7 Å². The van der Waals surface area contributed by atoms with Gasteiger partial charge >= 0.3 is 6.09 Å². The number of benzene rings is 1. The summed E-state index contributed by atoms with van der Waals surface area (Å²) in [6.07, 6.45) is 6.99. The van der Waals surface area contributed by atoms with Crippen molar-refractivity contribution in [3.8, 4) is 10.6 Å². The Morgan fingerprint density at radius 3 is 2.58 bits per heavy atom. The van der Waals surface area contributed by atoms with Gasteiger partial charge in [-0.15, -0.1) is 11.3 Å². The van der Waals surface area contributed by atoms with Gasteiger partial charge in [-0.25, -0.2) is 14.8 Å². The number of nitrogens with zero attached hydrogens (tertiary/aromatic N) is 5. The summed E-state index contributed by atoms with van der Waals surface area (Å²) in [6.45, 7) is 11.1. The van der Waals surface area contributed by atoms with Crippen molar-refractivity contribution in [1.29, 1.82) is 0 Å². The lowest BCUT2D eigenvalue weighted by molar-refractivity contribution is -0.163. The van der Waals surface area contributed by atoms with E-state index in [0.717, 1.165) is 53.0 Å². The Labute approximate surface area is 272 Å². The minimum Gasteiger partial charge on any atom is -0.444 e. The van der Waals surface area contributed by atoms with Gasteiger partial charge in [-0.2, -0.15) is 4.98 Å². The van der Waals surface area contributed by atoms with Crippen LogP contribution in [0.2, 0.25) is 5.28 Å². The molecule has 1 aliphatic carbocycles. The number of hydrogen-bond acceptors (Lipinski definition) is 8. The van der Waals surface area contributed by atoms with Gasteiger partial charge in [0.15, 0.2) is 5.79 Å². The molecule has 4 aromatic rings. The van der Waals surface area contributed by atoms with Crippen LogP contribution in [0.15, 0.2) is 48.1 Å². The predicted octanol–water partition coefficient (Wildman–Crippen LogP) is 7.53. The van der Waals surface area contributed by atoms with E-state index in [2.05, 4.69) is 45.4 Å². The maximum atomic E-state index is 12.7. The molecule has 0 unspecified atom stereocenters. The van der Waals surface area contributed by atoms with Crippen molar-refractivity contribution in [2.75, 3.05) is 13.1 Å². The average molecular weight is 650 g/mol. The molecule has 2 aliphatic heterocycles. The summed E-state index contributed by atoms with van der Waals surface area (Å²) in [7, 11) is 0. The molecule has 238 valence electrons. The van der Waals surface area contributed by atoms with Crippen LogP contribution in [0.4, 0.5) is 4.79 Å². The topological polar surface area (TPSA) is 91.6 Å². The zero-order valence-electron chi connectivity index (χ0n) is 26.4. The zero-order chi connectivity index (χ0) is 31.5. The van der Waals surface area contributed by atoms with E-state index in [1.165, 1.54) is 5.56 Å². The van der Waals surface area contributed by atoms with Gasteiger partial charge in [0.1, 0.15) is 22.4 Å². The van der Waals surface area contributed by atoms with Gasteiger partial charge in [-0.3, -0.25) is 0 Å². The minimum atomic E-state index is -0.691. The number of amides is 1. The fourth-order valence-electron chi connectivity index (χ4n) is 7.31. The van der Waals surface area contributed by atoms with Crippen LogP contribution in [0.5, 0.6) is 0 Å². The first-order valence-electron chi connectivity index (χ1n) is 15.8. The highest BCUT2D eigenvalue weighted by atomic mass is 35.5. The number of hydrogen-bond donors (Lipinski definition) is 0. The highest BCUT2D eigenvalue weighted by Gasteiger charge is 2.56. The number of halogens is 1. The van der Waals surface area contributed by atoms with Crippen molar-refractivity contribution in [2.45, 2.75) is 89.9 Å². The highest BCUT2D eigenvalue weighted by molar-refractivity contribution is 7.13. The molecule has 7 rings (SSSR count). The number of fused-ring (bicyclic) bond motifs is 2. The van der Waals surface area contributed by atoms with Crippen LogP contribution in [0.25, 0.3) is 21.6 Å². The molecule has 0 radical (unpaired) electrons. The Kier molecular flexibility index (Phi) is 7.91. The third-order valence-corrected chi connectivity index (χ3v) is 10.3. The van der Waals surface area contributed by atoms with Crippen LogP contribution in [-0.2, 0) is 20.6 Å². The Balaban J connectivity index is 1.17. The summed E-state index contributed by atoms with van der Waals surface area (Å²) in [5, 5.41) is 4.19. The van der Waals surface area contributed by atoms with Gasteiger partial charge in [0.05, 0.1) is 17.8 Å². The van der Waals surface area contributed by atoms with E-state index in [4.69, 9.17) is 35.8 Å². The normalized spacial score (nSPS) is 25.2. The largest absolute Gasteiger partial charge is 0.444 e. The van der Waals surface area contributed by atoms with Crippen LogP contribution in [0.3, 0.4) is 0 Å². The number of likely N-dealkylation sites (tertiary alicyclic amines) is 1. The molecule has 3 aromatic heterocycles. The summed E-state index contributed by atoms with van der Waals surface area (Å²) in [6, 6.07) is 10.4. The van der Waals surface area contributed by atoms with Crippen molar-refractivity contribution in [3.63, 3.8) is 0 Å². The Hall–Kier alpha value is -3.05. The molecule has 11 heteroatoms. The quantitative estimate of drug-likeness (QED) is 0.206. The molecule has 1 saturated carbocycles. The third kappa shape index (κ3) is 6.22. The smallest absolute Gasteiger partial charge is 0.410 e. The molecule has 9 nitrogen and oxygen atoms in total. The van der Waals surface area contributed by atoms with Crippen molar-refractivity contribution in [1.82, 2.24) is 24.4 Å². The molecule has 1 amide bonds. The molecule has 1 aromatic carbocycles. The second-order valence-corrected chi connectivity index (χ2v) is 15.2. The monoisotopic (exact) mass is 649 g/mol. The standard InChI is InChI=1S/C34H40ClN5O4S/c1-33(2,3)44-32(41)39-13-11-21(12-14-39)23-16-26(28-27(23)42-34(4,5)43-28)40-18-25(24-17-36-31(35)38-29(24)40)30-37-22(19-45-30)15-20-9-7-6-8-10-20/h6-10,17-19,21,23,26-28H,11-16H2,1-5H3/t23-,26-,27-,28+/m1/s1. The third-order valence-electron chi connectivity index (χ3n) is 9.18. The van der Waals surface area contributed by atoms with Crippen LogP contribution in [0.1, 0.15) is 71.2 Å². The maximum absolute atomic E-state index is 12.7. The summed E-state index contributed by atoms with van der Waals surface area (Å²) >= 11 is 8.02. The van der Waals surface area contributed by atoms with Crippen molar-refractivity contribution >= 4 is 40.1 Å². The molecule has 3 aliphatic rings. The lowest BCUT2D eigenvalue weighted by Crippen LogP contribution is -2.44. The summed E-state index contributed by atoms with van der Waals surface area (Å²) in [4.78, 5) is 28.7. The molecule has 0 spiro atoms. The van der Waals surface area contributed by atoms with Gasteiger partial charge in [-0.05, 0) is 82.9 Å². The van der Waals surface area contributed by atoms with E-state index in [1.54, 1.807) is 17.5 Å². The Bertz CT molecular complexity index is 1690. The lowest BCUT2D eigenvalue weighted by Gasteiger charge is -2.37. The van der Waals surface area contributed by atoms with E-state index in [0.29, 0.717) is 19.0 Å². The molecule has 5 heterocycles. The summed E-state index contributed by atoms with van der Waals surface area (Å²) < 4.78 is 21.1. The van der Waals surface area contributed by atoms with Crippen molar-refractivity contribution in [3.05, 3.63) is 64.6 Å². The van der Waals surface area contributed by atoms with Crippen molar-refractivity contribution in [2.24, 2.45) is 11.8 Å². The molecule has 45 heavy (non-hydrogen) atoms. The van der Waals surface area contributed by atoms with E-state index in [1.807, 2.05) is 45.6 Å². The van der Waals surface area contributed by atoms with Gasteiger partial charge in [0.25, 0.3) is 0 Å². The van der Waals surface area contributed by atoms with Gasteiger partial charge in [-0.1, -0.05) is 30.3 Å². The van der Waals surface area contributed by atoms with Crippen molar-refractivity contribution < 1.29 is 19.0 Å². The number of thiazole rings is 1. The molecular formula is C34H40ClN5O4S. The van der Waals surface area contributed by atoms with Gasteiger partial charge in [0.2, 0.25) is 5.28 Å². The minimum absolute atomic E-state index is 0.00312. The SMILES string of the molecule is CC(C)(C)OC(=O)N1CCC([C@H]2C[C@@H](n3cc(-c4nc(Cc5ccccc5)cs4)c4cnc(Cl)nc43)[C@@H]3OC(C)(C)O[C@@H]32)CC1. The highest BCUT2D eigenvalue weighted by Crippen LogP contribution is 2.52. The fraction of sp³-hybridized carbons (Fsp3) is 0.529. The van der Waals surface area contributed by atoms with E-state index < -0.39 is 11.4 Å². The number of aromatic nitrogens is 4. The number of rotatable bonds is 5. The second-order valence-electron chi connectivity index (χ2n) is 14.0. The maximum Gasteiger partial charge on any atom is 0.410 e. The number of carbonyl (C=O) groups is 1. The first-order chi connectivity index (χ1) is 21.4. The van der Waals surface area contributed by atoms with Crippen LogP contribution in [-0.4, -0.2) is 67.2 Å². The van der Waals surface area contributed by atoms with E-state index in [-0.39, 0.29) is 35.5 Å². The number of carbonyl (C=O) groups excluding carboxylic acids is 1. The van der Waals surface area contributed by atoms with Crippen LogP contribution < -0.4 is 0 Å². The second kappa shape index (κ2) is 11.6. The summed E-state index contributed by atoms with van der Waals surface area (Å²) in [5.74, 6) is -0.0143. The molecule has 0 bridgehead atoms. The zero-order valence-corrected chi connectivity index (χ0v) is 28.0. The molecular weight excluding hydrogens is 610 g/mol. The predicted molar refractivity (Wildman–Crippen MR) is 174 cm³/mol. The first-order valence-corrected chi connectivity index (χ1v) is 17.1. The van der Waals surface area contributed by atoms with Crippen LogP contribution in [0, 0.1) is 11.8 Å². The average Bonchev–Trinajstić information content (AvgIpc) is 3.74. The lowest BCUT2D eigenvalue weighted by atomic mass is 9.82. The van der Waals surface area contributed by atoms with Gasteiger partial charge in [0, 0.05) is 48.2 Å². The van der Waals surface area contributed by atoms with Crippen LogP contribution >= 0.6 is 22.9 Å². The van der Waals surface area contributed by atoms with E-state index in [9.17, 15) is 4.79 Å². The first kappa shape index (κ1) is 30.6. The molecule has 3 fully saturated rings. The Morgan fingerprint density at radius 1 is 1.11 bits per heavy atom.